The van der Waals surface area contributed by atoms with Crippen molar-refractivity contribution in [2.24, 2.45) is 5.92 Å². The average molecular weight is 629 g/mol. The van der Waals surface area contributed by atoms with Crippen molar-refractivity contribution < 1.29 is 0 Å². The quantitative estimate of drug-likeness (QED) is 0.0958. The monoisotopic (exact) mass is 628 g/mol. The molecule has 2 atom stereocenters. The van der Waals surface area contributed by atoms with Gasteiger partial charge in [0.15, 0.2) is 0 Å². The first kappa shape index (κ1) is 34.8. The van der Waals surface area contributed by atoms with Crippen LogP contribution in [0.15, 0.2) is 97.1 Å². The molecule has 0 heterocycles. The van der Waals surface area contributed by atoms with Crippen molar-refractivity contribution in [3.63, 3.8) is 0 Å². The molecule has 1 fully saturated rings. The zero-order valence-electron chi connectivity index (χ0n) is 29.5. The maximum absolute atomic E-state index is 6.07. The molecule has 0 aliphatic heterocycles. The van der Waals surface area contributed by atoms with Crippen LogP contribution in [0.3, 0.4) is 0 Å². The van der Waals surface area contributed by atoms with Gasteiger partial charge in [0.25, 0.3) is 0 Å². The highest BCUT2D eigenvalue weighted by Gasteiger charge is 2.38. The van der Waals surface area contributed by atoms with Gasteiger partial charge in [-0.2, -0.15) is 0 Å². The maximum Gasteiger partial charge on any atom is 0.0314 e. The number of hydrogen-bond donors (Lipinski definition) is 2. The number of anilines is 2. The molecule has 4 aromatic carbocycles. The lowest BCUT2D eigenvalue weighted by atomic mass is 9.62. The van der Waals surface area contributed by atoms with E-state index in [-0.39, 0.29) is 5.41 Å². The van der Waals surface area contributed by atoms with E-state index < -0.39 is 0 Å². The Bertz CT molecular complexity index is 1350. The lowest BCUT2D eigenvalue weighted by Gasteiger charge is -2.42. The van der Waals surface area contributed by atoms with Crippen molar-refractivity contribution in [3.05, 3.63) is 130 Å². The molecule has 0 bridgehead atoms. The van der Waals surface area contributed by atoms with Crippen LogP contribution in [0.25, 0.3) is 0 Å². The van der Waals surface area contributed by atoms with Crippen molar-refractivity contribution >= 4 is 11.4 Å². The third kappa shape index (κ3) is 8.69. The molecule has 1 aliphatic carbocycles. The molecule has 0 spiro atoms. The van der Waals surface area contributed by atoms with Crippen molar-refractivity contribution in [1.29, 1.82) is 0 Å². The Morgan fingerprint density at radius 1 is 0.511 bits per heavy atom. The van der Waals surface area contributed by atoms with Crippen molar-refractivity contribution in [2.75, 3.05) is 11.5 Å². The zero-order chi connectivity index (χ0) is 33.1. The minimum Gasteiger partial charge on any atom is -0.399 e. The van der Waals surface area contributed by atoms with E-state index in [9.17, 15) is 0 Å². The molecule has 2 unspecified atom stereocenters. The summed E-state index contributed by atoms with van der Waals surface area (Å²) in [6.45, 7) is 6.92. The molecular weight excluding hydrogens is 569 g/mol. The first-order chi connectivity index (χ1) is 23.0. The van der Waals surface area contributed by atoms with Gasteiger partial charge in [-0.15, -0.1) is 0 Å². The van der Waals surface area contributed by atoms with E-state index >= 15 is 0 Å². The smallest absolute Gasteiger partial charge is 0.0314 e. The Labute approximate surface area is 286 Å². The Morgan fingerprint density at radius 3 is 1.21 bits per heavy atom. The van der Waals surface area contributed by atoms with E-state index in [1.807, 2.05) is 0 Å². The number of nitrogen functional groups attached to an aromatic ring is 2. The minimum absolute atomic E-state index is 0.0686. The molecule has 0 aromatic heterocycles. The number of benzene rings is 4. The first-order valence-electron chi connectivity index (χ1n) is 18.9. The topological polar surface area (TPSA) is 52.0 Å². The van der Waals surface area contributed by atoms with Gasteiger partial charge in [-0.3, -0.25) is 0 Å². The summed E-state index contributed by atoms with van der Waals surface area (Å²) in [4.78, 5) is 0. The van der Waals surface area contributed by atoms with Gasteiger partial charge in [0.1, 0.15) is 0 Å². The largest absolute Gasteiger partial charge is 0.399 e. The number of nitrogens with two attached hydrogens (primary N) is 2. The summed E-state index contributed by atoms with van der Waals surface area (Å²) >= 11 is 0. The third-order valence-electron chi connectivity index (χ3n) is 11.3. The van der Waals surface area contributed by atoms with Gasteiger partial charge in [-0.1, -0.05) is 145 Å². The fourth-order valence-electron chi connectivity index (χ4n) is 8.39. The maximum atomic E-state index is 6.07. The Morgan fingerprint density at radius 2 is 0.872 bits per heavy atom. The van der Waals surface area contributed by atoms with Crippen LogP contribution in [-0.2, 0) is 5.41 Å². The van der Waals surface area contributed by atoms with Crippen molar-refractivity contribution in [3.8, 4) is 0 Å². The number of hydrogen-bond acceptors (Lipinski definition) is 2. The van der Waals surface area contributed by atoms with Crippen LogP contribution in [0.1, 0.15) is 156 Å². The summed E-state index contributed by atoms with van der Waals surface area (Å²) in [5.41, 5.74) is 22.5. The van der Waals surface area contributed by atoms with Crippen LogP contribution >= 0.6 is 0 Å². The van der Waals surface area contributed by atoms with Gasteiger partial charge in [-0.25, -0.2) is 0 Å². The molecule has 1 saturated carbocycles. The SMILES string of the molecule is CCCCCC(c1ccc(N)cc1)c1ccc(C2(c3ccc(C(CCCCC)c4ccc(N)cc4)cc3)CCC(CCC)CC2)cc1. The highest BCUT2D eigenvalue weighted by molar-refractivity contribution is 5.47. The first-order valence-corrected chi connectivity index (χ1v) is 18.9. The summed E-state index contributed by atoms with van der Waals surface area (Å²) in [6, 6.07) is 36.9. The normalized spacial score (nSPS) is 19.3. The van der Waals surface area contributed by atoms with E-state index in [1.54, 1.807) is 0 Å². The summed E-state index contributed by atoms with van der Waals surface area (Å²) < 4.78 is 0. The van der Waals surface area contributed by atoms with Crippen LogP contribution in [0.2, 0.25) is 0 Å². The summed E-state index contributed by atoms with van der Waals surface area (Å²) in [6.07, 6.45) is 17.6. The van der Waals surface area contributed by atoms with Gasteiger partial charge < -0.3 is 11.5 Å². The predicted octanol–water partition coefficient (Wildman–Crippen LogP) is 12.6. The molecule has 250 valence electrons. The molecule has 4 aromatic rings. The van der Waals surface area contributed by atoms with Crippen LogP contribution in [0.5, 0.6) is 0 Å². The van der Waals surface area contributed by atoms with E-state index in [4.69, 9.17) is 11.5 Å². The van der Waals surface area contributed by atoms with E-state index in [1.165, 1.54) is 123 Å². The van der Waals surface area contributed by atoms with Crippen LogP contribution in [0, 0.1) is 5.92 Å². The summed E-state index contributed by atoms with van der Waals surface area (Å²) in [5, 5.41) is 0. The van der Waals surface area contributed by atoms with E-state index in [0.717, 1.165) is 17.3 Å². The minimum atomic E-state index is 0.0686. The van der Waals surface area contributed by atoms with Gasteiger partial charge in [0, 0.05) is 28.6 Å². The number of rotatable bonds is 16. The molecule has 5 rings (SSSR count). The Hall–Kier alpha value is -3.52. The highest BCUT2D eigenvalue weighted by atomic mass is 14.5. The fraction of sp³-hybridized carbons (Fsp3) is 0.467. The lowest BCUT2D eigenvalue weighted by molar-refractivity contribution is 0.253. The van der Waals surface area contributed by atoms with Gasteiger partial charge in [0.2, 0.25) is 0 Å². The van der Waals surface area contributed by atoms with Gasteiger partial charge in [-0.05, 0) is 102 Å². The average Bonchev–Trinajstić information content (AvgIpc) is 3.11. The van der Waals surface area contributed by atoms with Crippen molar-refractivity contribution in [1.82, 2.24) is 0 Å². The molecular formula is C45H60N2. The molecule has 0 radical (unpaired) electrons. The highest BCUT2D eigenvalue weighted by Crippen LogP contribution is 2.48. The number of unbranched alkanes of at least 4 members (excludes halogenated alkanes) is 4. The summed E-state index contributed by atoms with van der Waals surface area (Å²) in [5.74, 6) is 1.67. The van der Waals surface area contributed by atoms with E-state index in [2.05, 4.69) is 118 Å². The molecule has 0 amide bonds. The molecule has 4 N–H and O–H groups in total. The second-order valence-corrected chi connectivity index (χ2v) is 14.5. The molecule has 2 nitrogen and oxygen atoms in total. The summed E-state index contributed by atoms with van der Waals surface area (Å²) in [7, 11) is 0. The van der Waals surface area contributed by atoms with E-state index in [0.29, 0.717) is 11.8 Å². The lowest BCUT2D eigenvalue weighted by Crippen LogP contribution is -2.33. The Kier molecular flexibility index (Phi) is 12.6. The zero-order valence-corrected chi connectivity index (χ0v) is 29.5. The van der Waals surface area contributed by atoms with Gasteiger partial charge in [0.05, 0.1) is 0 Å². The fourth-order valence-corrected chi connectivity index (χ4v) is 8.39. The van der Waals surface area contributed by atoms with Crippen molar-refractivity contribution in [2.45, 2.75) is 128 Å². The molecule has 1 aliphatic rings. The van der Waals surface area contributed by atoms with Gasteiger partial charge >= 0.3 is 0 Å². The van der Waals surface area contributed by atoms with Crippen LogP contribution in [-0.4, -0.2) is 0 Å². The molecule has 0 saturated heterocycles. The van der Waals surface area contributed by atoms with Crippen LogP contribution < -0.4 is 11.5 Å². The molecule has 47 heavy (non-hydrogen) atoms. The Balaban J connectivity index is 1.46. The van der Waals surface area contributed by atoms with Crippen LogP contribution in [0.4, 0.5) is 11.4 Å². The standard InChI is InChI=1S/C45H60N2/c1-4-7-9-12-43(37-18-26-41(46)27-19-37)35-14-22-39(23-15-35)45(32-30-34(11-6-3)31-33-45)40-24-16-36(17-25-40)44(13-10-8-5-2)38-20-28-42(47)29-21-38/h14-29,34,43-44H,4-13,30-33,46-47H2,1-3H3. The predicted molar refractivity (Wildman–Crippen MR) is 204 cm³/mol. The molecule has 2 heteroatoms. The second-order valence-electron chi connectivity index (χ2n) is 14.5. The third-order valence-corrected chi connectivity index (χ3v) is 11.3. The second kappa shape index (κ2) is 17.0.